The number of furan rings is 1. The smallest absolute Gasteiger partial charge is 0.135 e. The fourth-order valence-corrected chi connectivity index (χ4v) is 10.9. The lowest BCUT2D eigenvalue weighted by Gasteiger charge is -2.61. The maximum Gasteiger partial charge on any atom is 0.135 e. The summed E-state index contributed by atoms with van der Waals surface area (Å²) in [6.07, 6.45) is 7.00. The summed E-state index contributed by atoms with van der Waals surface area (Å²) in [4.78, 5) is 0. The molecular formula is C44H34O. The van der Waals surface area contributed by atoms with Crippen LogP contribution in [0.4, 0.5) is 0 Å². The van der Waals surface area contributed by atoms with Crippen molar-refractivity contribution in [2.24, 2.45) is 23.7 Å². The molecule has 4 saturated carbocycles. The van der Waals surface area contributed by atoms with Crippen LogP contribution in [-0.4, -0.2) is 0 Å². The lowest BCUT2D eigenvalue weighted by Crippen LogP contribution is -2.55. The molecule has 4 fully saturated rings. The maximum absolute atomic E-state index is 6.54. The standard InChI is InChI=1S/C44H34O/c1-2-6-28(7-3-1)30-12-10-29-11-13-31(24-33(29)23-30)32-14-16-39-38(25-32)36-15-17-41-42(37-8-4-5-9-40(37)45-41)43(36)44(39)34-19-26-18-27(21-34)22-35(44)20-26/h1-17,23-27,34-35H,18-22H2. The average Bonchev–Trinajstić information content (AvgIpc) is 3.60. The molecule has 1 spiro atoms. The largest absolute Gasteiger partial charge is 0.456 e. The Bertz CT molecular complexity index is 2310. The highest BCUT2D eigenvalue weighted by atomic mass is 16.3. The van der Waals surface area contributed by atoms with Crippen LogP contribution in [-0.2, 0) is 5.41 Å². The van der Waals surface area contributed by atoms with Gasteiger partial charge in [-0.15, -0.1) is 0 Å². The van der Waals surface area contributed by atoms with E-state index in [1.807, 2.05) is 0 Å². The van der Waals surface area contributed by atoms with E-state index in [1.54, 1.807) is 11.1 Å². The lowest BCUT2D eigenvalue weighted by atomic mass is 9.43. The monoisotopic (exact) mass is 578 g/mol. The molecule has 5 aliphatic rings. The highest BCUT2D eigenvalue weighted by Crippen LogP contribution is 2.70. The molecule has 0 unspecified atom stereocenters. The molecule has 0 amide bonds. The summed E-state index contributed by atoms with van der Waals surface area (Å²) < 4.78 is 6.54. The minimum absolute atomic E-state index is 0.0940. The summed E-state index contributed by atoms with van der Waals surface area (Å²) in [7, 11) is 0. The van der Waals surface area contributed by atoms with Crippen LogP contribution in [0.3, 0.4) is 0 Å². The van der Waals surface area contributed by atoms with Gasteiger partial charge in [-0.25, -0.2) is 0 Å². The molecule has 1 heteroatoms. The molecule has 0 atom stereocenters. The average molecular weight is 579 g/mol. The van der Waals surface area contributed by atoms with Crippen molar-refractivity contribution < 1.29 is 4.42 Å². The van der Waals surface area contributed by atoms with Gasteiger partial charge < -0.3 is 4.42 Å². The van der Waals surface area contributed by atoms with Crippen LogP contribution < -0.4 is 0 Å². The third kappa shape index (κ3) is 3.24. The molecule has 6 aromatic carbocycles. The molecule has 1 nitrogen and oxygen atoms in total. The third-order valence-electron chi connectivity index (χ3n) is 12.4. The molecular weight excluding hydrogens is 544 g/mol. The first-order chi connectivity index (χ1) is 22.2. The van der Waals surface area contributed by atoms with Crippen molar-refractivity contribution >= 4 is 32.7 Å². The molecule has 12 rings (SSSR count). The topological polar surface area (TPSA) is 13.1 Å². The predicted molar refractivity (Wildman–Crippen MR) is 185 cm³/mol. The van der Waals surface area contributed by atoms with Gasteiger partial charge in [-0.1, -0.05) is 91.0 Å². The van der Waals surface area contributed by atoms with Crippen LogP contribution in [0.2, 0.25) is 0 Å². The Hall–Kier alpha value is -4.62. The quantitative estimate of drug-likeness (QED) is 0.199. The molecule has 0 N–H and O–H groups in total. The van der Waals surface area contributed by atoms with E-state index in [-0.39, 0.29) is 5.41 Å². The molecule has 216 valence electrons. The Morgan fingerprint density at radius 1 is 0.489 bits per heavy atom. The van der Waals surface area contributed by atoms with Crippen molar-refractivity contribution in [1.29, 1.82) is 0 Å². The fraction of sp³-hybridized carbons (Fsp3) is 0.227. The first kappa shape index (κ1) is 24.7. The number of hydrogen-bond donors (Lipinski definition) is 0. The van der Waals surface area contributed by atoms with Gasteiger partial charge in [-0.3, -0.25) is 0 Å². The fourth-order valence-electron chi connectivity index (χ4n) is 10.9. The predicted octanol–water partition coefficient (Wildman–Crippen LogP) is 11.8. The molecule has 1 heterocycles. The zero-order chi connectivity index (χ0) is 29.3. The second-order valence-corrected chi connectivity index (χ2v) is 14.5. The maximum atomic E-state index is 6.54. The Labute approximate surface area is 263 Å². The van der Waals surface area contributed by atoms with Crippen molar-refractivity contribution in [1.82, 2.24) is 0 Å². The summed E-state index contributed by atoms with van der Waals surface area (Å²) in [5, 5.41) is 5.24. The molecule has 0 saturated heterocycles. The van der Waals surface area contributed by atoms with Gasteiger partial charge in [0.2, 0.25) is 0 Å². The van der Waals surface area contributed by atoms with Crippen molar-refractivity contribution in [2.45, 2.75) is 37.5 Å². The van der Waals surface area contributed by atoms with E-state index in [1.165, 1.54) is 87.0 Å². The summed E-state index contributed by atoms with van der Waals surface area (Å²) in [5.74, 6) is 3.28. The van der Waals surface area contributed by atoms with Gasteiger partial charge in [0, 0.05) is 16.2 Å². The van der Waals surface area contributed by atoms with E-state index in [0.29, 0.717) is 0 Å². The van der Waals surface area contributed by atoms with Gasteiger partial charge in [0.1, 0.15) is 11.2 Å². The van der Waals surface area contributed by atoms with E-state index in [9.17, 15) is 0 Å². The number of fused-ring (bicyclic) bond motifs is 8. The van der Waals surface area contributed by atoms with E-state index < -0.39 is 0 Å². The van der Waals surface area contributed by atoms with Gasteiger partial charge in [0.05, 0.1) is 0 Å². The van der Waals surface area contributed by atoms with E-state index in [2.05, 4.69) is 121 Å². The summed E-state index contributed by atoms with van der Waals surface area (Å²) in [6.45, 7) is 0. The van der Waals surface area contributed by atoms with Crippen molar-refractivity contribution in [3.63, 3.8) is 0 Å². The lowest BCUT2D eigenvalue weighted by molar-refractivity contribution is -0.0393. The van der Waals surface area contributed by atoms with Crippen LogP contribution in [0, 0.1) is 23.7 Å². The SMILES string of the molecule is c1ccc(-c2ccc3ccc(-c4ccc5c(c4)-c4ccc6oc7ccccc7c6c4C54C5CC6CC(C5)CC4C6)cc3c2)cc1. The highest BCUT2D eigenvalue weighted by Gasteiger charge is 2.62. The van der Waals surface area contributed by atoms with Gasteiger partial charge in [0.25, 0.3) is 0 Å². The summed E-state index contributed by atoms with van der Waals surface area (Å²) in [6, 6.07) is 45.5. The molecule has 45 heavy (non-hydrogen) atoms. The number of rotatable bonds is 2. The number of hydrogen-bond acceptors (Lipinski definition) is 1. The van der Waals surface area contributed by atoms with E-state index in [4.69, 9.17) is 4.42 Å². The second-order valence-electron chi connectivity index (χ2n) is 14.5. The Kier molecular flexibility index (Phi) is 4.80. The van der Waals surface area contributed by atoms with Crippen molar-refractivity contribution in [3.05, 3.63) is 132 Å². The van der Waals surface area contributed by atoms with E-state index in [0.717, 1.165) is 34.8 Å². The normalized spacial score (nSPS) is 25.9. The Morgan fingerprint density at radius 2 is 1.16 bits per heavy atom. The zero-order valence-electron chi connectivity index (χ0n) is 25.3. The zero-order valence-corrected chi connectivity index (χ0v) is 25.3. The van der Waals surface area contributed by atoms with Crippen LogP contribution in [0.5, 0.6) is 0 Å². The van der Waals surface area contributed by atoms with Crippen LogP contribution in [0.15, 0.2) is 126 Å². The minimum Gasteiger partial charge on any atom is -0.456 e. The molecule has 0 radical (unpaired) electrons. The van der Waals surface area contributed by atoms with Crippen molar-refractivity contribution in [2.75, 3.05) is 0 Å². The number of benzene rings is 6. The molecule has 1 aromatic heterocycles. The van der Waals surface area contributed by atoms with Gasteiger partial charge in [0.15, 0.2) is 0 Å². The molecule has 5 aliphatic carbocycles. The van der Waals surface area contributed by atoms with Gasteiger partial charge >= 0.3 is 0 Å². The summed E-state index contributed by atoms with van der Waals surface area (Å²) in [5.41, 5.74) is 13.4. The van der Waals surface area contributed by atoms with E-state index >= 15 is 0 Å². The Balaban J connectivity index is 1.14. The first-order valence-electron chi connectivity index (χ1n) is 16.9. The summed E-state index contributed by atoms with van der Waals surface area (Å²) >= 11 is 0. The minimum atomic E-state index is 0.0940. The molecule has 0 aliphatic heterocycles. The highest BCUT2D eigenvalue weighted by molar-refractivity contribution is 6.11. The van der Waals surface area contributed by atoms with Crippen LogP contribution in [0.25, 0.3) is 66.1 Å². The first-order valence-corrected chi connectivity index (χ1v) is 16.9. The molecule has 7 aromatic rings. The number of para-hydroxylation sites is 1. The molecule has 4 bridgehead atoms. The second kappa shape index (κ2) is 8.76. The van der Waals surface area contributed by atoms with Crippen molar-refractivity contribution in [3.8, 4) is 33.4 Å². The van der Waals surface area contributed by atoms with Crippen LogP contribution in [0.1, 0.15) is 43.2 Å². The van der Waals surface area contributed by atoms with Gasteiger partial charge in [-0.05, 0) is 141 Å². The van der Waals surface area contributed by atoms with Gasteiger partial charge in [-0.2, -0.15) is 0 Å². The third-order valence-corrected chi connectivity index (χ3v) is 12.4. The van der Waals surface area contributed by atoms with Crippen LogP contribution >= 0.6 is 0 Å². The Morgan fingerprint density at radius 3 is 1.93 bits per heavy atom.